The molecule has 1 N–H and O–H groups in total. The van der Waals surface area contributed by atoms with Crippen LogP contribution in [0.4, 0.5) is 5.69 Å². The number of sulfonamides is 1. The van der Waals surface area contributed by atoms with E-state index in [1.165, 1.54) is 5.56 Å². The highest BCUT2D eigenvalue weighted by Crippen LogP contribution is 2.26. The molecule has 0 unspecified atom stereocenters. The van der Waals surface area contributed by atoms with Crippen molar-refractivity contribution in [3.8, 4) is 0 Å². The van der Waals surface area contributed by atoms with Crippen molar-refractivity contribution in [3.63, 3.8) is 0 Å². The second-order valence-corrected chi connectivity index (χ2v) is 8.00. The van der Waals surface area contributed by atoms with Gasteiger partial charge in [0.1, 0.15) is 0 Å². The molecule has 0 fully saturated rings. The highest BCUT2D eigenvalue weighted by molar-refractivity contribution is 9.10. The first-order valence-electron chi connectivity index (χ1n) is 6.86. The molecule has 0 atom stereocenters. The van der Waals surface area contributed by atoms with Gasteiger partial charge in [0.2, 0.25) is 0 Å². The topological polar surface area (TPSA) is 46.2 Å². The molecule has 0 saturated heterocycles. The molecule has 0 saturated carbocycles. The zero-order valence-electron chi connectivity index (χ0n) is 11.7. The molecular weight excluding hydrogens is 350 g/mol. The molecule has 2 aromatic rings. The zero-order chi connectivity index (χ0) is 15.0. The van der Waals surface area contributed by atoms with Crippen LogP contribution < -0.4 is 4.72 Å². The normalized spacial score (nSPS) is 14.0. The van der Waals surface area contributed by atoms with E-state index in [0.717, 1.165) is 34.9 Å². The smallest absolute Gasteiger partial charge is 0.261 e. The van der Waals surface area contributed by atoms with Crippen molar-refractivity contribution in [1.29, 1.82) is 0 Å². The Morgan fingerprint density at radius 3 is 2.57 bits per heavy atom. The van der Waals surface area contributed by atoms with Gasteiger partial charge < -0.3 is 0 Å². The average molecular weight is 366 g/mol. The minimum atomic E-state index is -3.54. The number of rotatable bonds is 3. The lowest BCUT2D eigenvalue weighted by Gasteiger charge is -2.10. The third kappa shape index (κ3) is 3.14. The summed E-state index contributed by atoms with van der Waals surface area (Å²) in [5.41, 5.74) is 3.99. The van der Waals surface area contributed by atoms with Gasteiger partial charge in [-0.3, -0.25) is 4.72 Å². The third-order valence-electron chi connectivity index (χ3n) is 3.67. The lowest BCUT2D eigenvalue weighted by atomic mass is 10.1. The number of fused-ring (bicyclic) bond motifs is 1. The number of hydrogen-bond donors (Lipinski definition) is 1. The molecule has 1 aliphatic carbocycles. The lowest BCUT2D eigenvalue weighted by molar-refractivity contribution is 0.601. The maximum Gasteiger partial charge on any atom is 0.261 e. The van der Waals surface area contributed by atoms with Gasteiger partial charge in [-0.15, -0.1) is 0 Å². The van der Waals surface area contributed by atoms with Gasteiger partial charge in [-0.25, -0.2) is 8.42 Å². The first-order valence-corrected chi connectivity index (χ1v) is 9.13. The van der Waals surface area contributed by atoms with Crippen LogP contribution in [0.2, 0.25) is 0 Å². The molecule has 0 bridgehead atoms. The van der Waals surface area contributed by atoms with Crippen LogP contribution in [0.3, 0.4) is 0 Å². The monoisotopic (exact) mass is 365 g/mol. The highest BCUT2D eigenvalue weighted by Gasteiger charge is 2.18. The van der Waals surface area contributed by atoms with Crippen molar-refractivity contribution in [2.45, 2.75) is 31.1 Å². The maximum absolute atomic E-state index is 12.5. The third-order valence-corrected chi connectivity index (χ3v) is 5.51. The Kier molecular flexibility index (Phi) is 3.80. The van der Waals surface area contributed by atoms with E-state index < -0.39 is 10.0 Å². The summed E-state index contributed by atoms with van der Waals surface area (Å²) in [5, 5.41) is 0. The molecule has 5 heteroatoms. The van der Waals surface area contributed by atoms with Crippen LogP contribution in [0, 0.1) is 6.92 Å². The molecule has 0 spiro atoms. The molecule has 110 valence electrons. The summed E-state index contributed by atoms with van der Waals surface area (Å²) < 4.78 is 28.5. The summed E-state index contributed by atoms with van der Waals surface area (Å²) in [5.74, 6) is 0. The SMILES string of the molecule is Cc1cc(Br)cc(NS(=O)(=O)c2ccc3c(c2)CCC3)c1. The Balaban J connectivity index is 1.93. The van der Waals surface area contributed by atoms with Crippen LogP contribution >= 0.6 is 15.9 Å². The number of hydrogen-bond acceptors (Lipinski definition) is 2. The van der Waals surface area contributed by atoms with Crippen molar-refractivity contribution in [3.05, 3.63) is 57.6 Å². The summed E-state index contributed by atoms with van der Waals surface area (Å²) in [4.78, 5) is 0.334. The van der Waals surface area contributed by atoms with Gasteiger partial charge in [-0.05, 0) is 73.2 Å². The van der Waals surface area contributed by atoms with E-state index in [2.05, 4.69) is 20.7 Å². The van der Waals surface area contributed by atoms with Crippen molar-refractivity contribution < 1.29 is 8.42 Å². The fraction of sp³-hybridized carbons (Fsp3) is 0.250. The van der Waals surface area contributed by atoms with Gasteiger partial charge in [0.25, 0.3) is 10.0 Å². The van der Waals surface area contributed by atoms with Crippen molar-refractivity contribution in [2.24, 2.45) is 0 Å². The Labute approximate surface area is 133 Å². The van der Waals surface area contributed by atoms with Gasteiger partial charge in [-0.1, -0.05) is 22.0 Å². The predicted octanol–water partition coefficient (Wildman–Crippen LogP) is 4.05. The van der Waals surface area contributed by atoms with Crippen molar-refractivity contribution >= 4 is 31.6 Å². The highest BCUT2D eigenvalue weighted by atomic mass is 79.9. The second-order valence-electron chi connectivity index (χ2n) is 5.41. The molecule has 0 heterocycles. The summed E-state index contributed by atoms with van der Waals surface area (Å²) in [6.45, 7) is 1.93. The van der Waals surface area contributed by atoms with E-state index >= 15 is 0 Å². The number of benzene rings is 2. The first-order chi connectivity index (χ1) is 9.94. The van der Waals surface area contributed by atoms with E-state index in [9.17, 15) is 8.42 Å². The van der Waals surface area contributed by atoms with E-state index in [1.807, 2.05) is 25.1 Å². The summed E-state index contributed by atoms with van der Waals surface area (Å²) >= 11 is 3.38. The molecule has 0 aromatic heterocycles. The average Bonchev–Trinajstić information content (AvgIpc) is 2.83. The number of halogens is 1. The number of anilines is 1. The fourth-order valence-electron chi connectivity index (χ4n) is 2.72. The van der Waals surface area contributed by atoms with E-state index in [4.69, 9.17) is 0 Å². The quantitative estimate of drug-likeness (QED) is 0.891. The second kappa shape index (κ2) is 5.46. The van der Waals surface area contributed by atoms with Gasteiger partial charge >= 0.3 is 0 Å². The van der Waals surface area contributed by atoms with E-state index in [1.54, 1.807) is 18.2 Å². The number of nitrogens with one attached hydrogen (secondary N) is 1. The van der Waals surface area contributed by atoms with Crippen LogP contribution in [0.15, 0.2) is 45.8 Å². The molecule has 3 nitrogen and oxygen atoms in total. The van der Waals surface area contributed by atoms with Gasteiger partial charge in [-0.2, -0.15) is 0 Å². The van der Waals surface area contributed by atoms with Crippen LogP contribution in [-0.4, -0.2) is 8.42 Å². The molecule has 21 heavy (non-hydrogen) atoms. The first kappa shape index (κ1) is 14.6. The minimum absolute atomic E-state index is 0.334. The number of aryl methyl sites for hydroxylation is 3. The van der Waals surface area contributed by atoms with E-state index in [0.29, 0.717) is 10.6 Å². The Bertz CT molecular complexity index is 780. The summed E-state index contributed by atoms with van der Waals surface area (Å²) in [6.07, 6.45) is 3.12. The van der Waals surface area contributed by atoms with Gasteiger partial charge in [0.15, 0.2) is 0 Å². The Morgan fingerprint density at radius 2 is 1.81 bits per heavy atom. The minimum Gasteiger partial charge on any atom is -0.280 e. The van der Waals surface area contributed by atoms with Crippen LogP contribution in [0.5, 0.6) is 0 Å². The molecule has 0 radical (unpaired) electrons. The zero-order valence-corrected chi connectivity index (χ0v) is 14.1. The molecule has 3 rings (SSSR count). The Hall–Kier alpha value is -1.33. The lowest BCUT2D eigenvalue weighted by Crippen LogP contribution is -2.13. The maximum atomic E-state index is 12.5. The fourth-order valence-corrected chi connectivity index (χ4v) is 4.42. The van der Waals surface area contributed by atoms with Crippen molar-refractivity contribution in [1.82, 2.24) is 0 Å². The Morgan fingerprint density at radius 1 is 1.05 bits per heavy atom. The summed E-state index contributed by atoms with van der Waals surface area (Å²) in [6, 6.07) is 10.9. The predicted molar refractivity (Wildman–Crippen MR) is 88.2 cm³/mol. The summed E-state index contributed by atoms with van der Waals surface area (Å²) in [7, 11) is -3.54. The molecule has 2 aromatic carbocycles. The van der Waals surface area contributed by atoms with Crippen LogP contribution in [-0.2, 0) is 22.9 Å². The standard InChI is InChI=1S/C16H16BrNO2S/c1-11-7-14(17)10-15(8-11)18-21(19,20)16-6-5-12-3-2-4-13(12)9-16/h5-10,18H,2-4H2,1H3. The largest absolute Gasteiger partial charge is 0.280 e. The van der Waals surface area contributed by atoms with Crippen LogP contribution in [0.25, 0.3) is 0 Å². The molecule has 1 aliphatic rings. The van der Waals surface area contributed by atoms with Gasteiger partial charge in [0, 0.05) is 4.47 Å². The molecular formula is C16H16BrNO2S. The van der Waals surface area contributed by atoms with Crippen LogP contribution in [0.1, 0.15) is 23.1 Å². The van der Waals surface area contributed by atoms with Crippen molar-refractivity contribution in [2.75, 3.05) is 4.72 Å². The molecule has 0 aliphatic heterocycles. The van der Waals surface area contributed by atoms with Gasteiger partial charge in [0.05, 0.1) is 10.6 Å². The van der Waals surface area contributed by atoms with E-state index in [-0.39, 0.29) is 0 Å². The molecule has 0 amide bonds.